The van der Waals surface area contributed by atoms with Crippen molar-refractivity contribution < 1.29 is 9.89 Å². The summed E-state index contributed by atoms with van der Waals surface area (Å²) in [5.74, 6) is 1.66. The molecule has 4 aromatic rings. The number of aromatic amines is 1. The van der Waals surface area contributed by atoms with E-state index in [-0.39, 0.29) is 5.91 Å². The van der Waals surface area contributed by atoms with E-state index in [9.17, 15) is 4.79 Å². The lowest BCUT2D eigenvalue weighted by Crippen LogP contribution is -2.34. The number of H-pyrrole nitrogens is 1. The second kappa shape index (κ2) is 8.12. The normalized spacial score (nSPS) is 19.6. The van der Waals surface area contributed by atoms with E-state index < -0.39 is 0 Å². The Balaban J connectivity index is 1.17. The maximum absolute atomic E-state index is 13.4. The van der Waals surface area contributed by atoms with Crippen LogP contribution in [0.25, 0.3) is 16.9 Å². The molecule has 2 aromatic heterocycles. The maximum Gasteiger partial charge on any atom is 0.256 e. The van der Waals surface area contributed by atoms with Crippen molar-refractivity contribution in [2.45, 2.75) is 0 Å². The summed E-state index contributed by atoms with van der Waals surface area (Å²) in [7, 11) is 0. The lowest BCUT2D eigenvalue weighted by Gasteiger charge is -2.22. The summed E-state index contributed by atoms with van der Waals surface area (Å²) >= 11 is 0. The smallest absolute Gasteiger partial charge is 0.256 e. The minimum absolute atomic E-state index is 0.0535. The number of fused-ring (bicyclic) bond motifs is 1. The lowest BCUT2D eigenvalue weighted by atomic mass is 10.0. The number of carbonyl (C=O) groups is 1. The molecule has 33 heavy (non-hydrogen) atoms. The number of nitrogens with one attached hydrogen (secondary N) is 1. The van der Waals surface area contributed by atoms with E-state index in [0.29, 0.717) is 17.4 Å². The van der Waals surface area contributed by atoms with Gasteiger partial charge in [-0.05, 0) is 23.0 Å². The molecule has 8 nitrogen and oxygen atoms in total. The molecule has 2 saturated heterocycles. The molecule has 2 fully saturated rings. The predicted octanol–water partition coefficient (Wildman–Crippen LogP) is 2.35. The first-order valence-electron chi connectivity index (χ1n) is 11.2. The Bertz CT molecular complexity index is 1260. The van der Waals surface area contributed by atoms with Crippen molar-refractivity contribution >= 4 is 11.9 Å². The highest BCUT2D eigenvalue weighted by atomic mass is 16.2. The number of anilines is 1. The lowest BCUT2D eigenvalue weighted by molar-refractivity contribution is -0.481. The van der Waals surface area contributed by atoms with Gasteiger partial charge in [0.1, 0.15) is 5.69 Å². The first-order chi connectivity index (χ1) is 16.3. The van der Waals surface area contributed by atoms with Crippen LogP contribution in [0.2, 0.25) is 0 Å². The first kappa shape index (κ1) is 19.6. The highest BCUT2D eigenvalue weighted by molar-refractivity contribution is 5.97. The Labute approximate surface area is 191 Å². The monoisotopic (exact) mass is 438 g/mol. The van der Waals surface area contributed by atoms with E-state index in [0.717, 1.165) is 49.1 Å². The van der Waals surface area contributed by atoms with Crippen LogP contribution in [0, 0.1) is 11.8 Å². The van der Waals surface area contributed by atoms with Crippen LogP contribution in [0.1, 0.15) is 10.4 Å². The highest BCUT2D eigenvalue weighted by Gasteiger charge is 2.43. The topological polar surface area (TPSA) is 81.3 Å². The minimum atomic E-state index is 0.0535. The number of hydrogen-bond acceptors (Lipinski definition) is 5. The largest absolute Gasteiger partial charge is 0.340 e. The first-order valence-corrected chi connectivity index (χ1v) is 11.2. The average Bonchev–Trinajstić information content (AvgIpc) is 3.61. The molecule has 4 heterocycles. The van der Waals surface area contributed by atoms with Crippen LogP contribution in [0.15, 0.2) is 79.3 Å². The van der Waals surface area contributed by atoms with Crippen LogP contribution in [0.4, 0.5) is 5.95 Å². The van der Waals surface area contributed by atoms with Gasteiger partial charge in [-0.25, -0.2) is 9.97 Å². The van der Waals surface area contributed by atoms with Crippen LogP contribution in [0.5, 0.6) is 0 Å². The van der Waals surface area contributed by atoms with Gasteiger partial charge in [-0.1, -0.05) is 42.5 Å². The number of para-hydroxylation sites is 1. The molecule has 0 aliphatic carbocycles. The molecule has 6 rings (SSSR count). The van der Waals surface area contributed by atoms with Crippen molar-refractivity contribution in [2.75, 3.05) is 31.1 Å². The average molecular weight is 439 g/mol. The number of carbonyl (C=O) groups excluding carboxylic acids is 1. The third-order valence-electron chi connectivity index (χ3n) is 6.58. The van der Waals surface area contributed by atoms with Crippen molar-refractivity contribution in [3.05, 3.63) is 84.8 Å². The molecule has 1 N–H and O–H groups in total. The van der Waals surface area contributed by atoms with Gasteiger partial charge in [0.05, 0.1) is 11.3 Å². The van der Waals surface area contributed by atoms with Crippen molar-refractivity contribution in [2.24, 2.45) is 11.8 Å². The van der Waals surface area contributed by atoms with E-state index in [1.165, 1.54) is 0 Å². The standard InChI is InChI=1S/C25H23N7O/c33-24(21-8-4-5-9-23(21)32-27-12-13-28-32)30-14-19-16-31(17-20(19)15-30)25-26-11-10-22(29-25)18-6-2-1-3-7-18/h1-13,19-20H,14-17H2/p+1. The summed E-state index contributed by atoms with van der Waals surface area (Å²) in [4.78, 5) is 28.6. The molecular formula is C25H24N7O+. The second-order valence-electron chi connectivity index (χ2n) is 8.63. The Hall–Kier alpha value is -4.07. The zero-order valence-corrected chi connectivity index (χ0v) is 18.1. The Morgan fingerprint density at radius 3 is 2.39 bits per heavy atom. The van der Waals surface area contributed by atoms with Gasteiger partial charge in [0.15, 0.2) is 6.20 Å². The van der Waals surface area contributed by atoms with Crippen molar-refractivity contribution in [3.8, 4) is 16.9 Å². The molecule has 2 atom stereocenters. The number of benzene rings is 2. The summed E-state index contributed by atoms with van der Waals surface area (Å²) in [6, 6.07) is 19.7. The van der Waals surface area contributed by atoms with Gasteiger partial charge in [0.25, 0.3) is 5.91 Å². The van der Waals surface area contributed by atoms with Crippen LogP contribution >= 0.6 is 0 Å². The molecule has 8 heteroatoms. The van der Waals surface area contributed by atoms with E-state index in [2.05, 4.69) is 32.2 Å². The molecule has 164 valence electrons. The molecular weight excluding hydrogens is 414 g/mol. The Kier molecular flexibility index (Phi) is 4.83. The molecule has 2 aliphatic rings. The summed E-state index contributed by atoms with van der Waals surface area (Å²) in [6.45, 7) is 3.22. The van der Waals surface area contributed by atoms with E-state index in [1.54, 1.807) is 17.2 Å². The number of nitrogens with zero attached hydrogens (tertiary/aromatic N) is 6. The molecule has 1 amide bonds. The quantitative estimate of drug-likeness (QED) is 0.489. The minimum Gasteiger partial charge on any atom is -0.340 e. The molecule has 2 aliphatic heterocycles. The second-order valence-corrected chi connectivity index (χ2v) is 8.63. The number of likely N-dealkylation sites (tertiary alicyclic amines) is 1. The number of hydrogen-bond donors (Lipinski definition) is 0. The molecule has 0 saturated carbocycles. The fourth-order valence-electron chi connectivity index (χ4n) is 4.97. The van der Waals surface area contributed by atoms with Gasteiger partial charge in [-0.2, -0.15) is 5.10 Å². The molecule has 2 unspecified atom stereocenters. The zero-order chi connectivity index (χ0) is 22.2. The number of rotatable bonds is 4. The third kappa shape index (κ3) is 3.63. The Morgan fingerprint density at radius 2 is 1.64 bits per heavy atom. The molecule has 2 aromatic carbocycles. The van der Waals surface area contributed by atoms with Crippen LogP contribution in [-0.2, 0) is 0 Å². The summed E-state index contributed by atoms with van der Waals surface area (Å²) in [5.41, 5.74) is 3.44. The fraction of sp³-hybridized carbons (Fsp3) is 0.240. The van der Waals surface area contributed by atoms with E-state index in [4.69, 9.17) is 4.98 Å². The Morgan fingerprint density at radius 1 is 0.879 bits per heavy atom. The van der Waals surface area contributed by atoms with Crippen molar-refractivity contribution in [1.82, 2.24) is 24.8 Å². The number of aromatic nitrogens is 5. The SMILES string of the molecule is O=C(c1ccccc1-n1ncc[nH+]1)N1CC2CN(c3nccc(-c4ccccc4)n3)CC2C1. The van der Waals surface area contributed by atoms with Crippen LogP contribution in [-0.4, -0.2) is 56.8 Å². The molecule has 0 bridgehead atoms. The highest BCUT2D eigenvalue weighted by Crippen LogP contribution is 2.34. The van der Waals surface area contributed by atoms with Gasteiger partial charge in [-0.3, -0.25) is 4.79 Å². The van der Waals surface area contributed by atoms with Crippen LogP contribution < -0.4 is 10.00 Å². The summed E-state index contributed by atoms with van der Waals surface area (Å²) in [5, 5.41) is 7.29. The molecule has 0 spiro atoms. The summed E-state index contributed by atoms with van der Waals surface area (Å²) < 4.78 is 0. The fourth-order valence-corrected chi connectivity index (χ4v) is 4.97. The molecule has 0 radical (unpaired) electrons. The van der Waals surface area contributed by atoms with Gasteiger partial charge < -0.3 is 9.80 Å². The van der Waals surface area contributed by atoms with Crippen molar-refractivity contribution in [1.29, 1.82) is 0 Å². The van der Waals surface area contributed by atoms with Gasteiger partial charge in [0, 0.05) is 54.9 Å². The van der Waals surface area contributed by atoms with Crippen molar-refractivity contribution in [3.63, 3.8) is 0 Å². The number of amides is 1. The van der Waals surface area contributed by atoms with Gasteiger partial charge >= 0.3 is 0 Å². The predicted molar refractivity (Wildman–Crippen MR) is 123 cm³/mol. The van der Waals surface area contributed by atoms with E-state index >= 15 is 0 Å². The third-order valence-corrected chi connectivity index (χ3v) is 6.58. The summed E-state index contributed by atoms with van der Waals surface area (Å²) in [6.07, 6.45) is 5.24. The van der Waals surface area contributed by atoms with Crippen LogP contribution in [0.3, 0.4) is 0 Å². The maximum atomic E-state index is 13.4. The van der Waals surface area contributed by atoms with E-state index in [1.807, 2.05) is 59.6 Å². The van der Waals surface area contributed by atoms with Gasteiger partial charge in [0.2, 0.25) is 12.1 Å². The van der Waals surface area contributed by atoms with Gasteiger partial charge in [-0.15, -0.1) is 0 Å². The zero-order valence-electron chi connectivity index (χ0n) is 18.1.